The minimum absolute atomic E-state index is 0.251. The van der Waals surface area contributed by atoms with Crippen LogP contribution in [-0.4, -0.2) is 15.1 Å². The van der Waals surface area contributed by atoms with E-state index in [0.29, 0.717) is 33.3 Å². The largest absolute Gasteiger partial charge is 0.439 e. The van der Waals surface area contributed by atoms with E-state index in [4.69, 9.17) is 0 Å². The van der Waals surface area contributed by atoms with Crippen LogP contribution < -0.4 is 11.3 Å². The molecule has 7 nitrogen and oxygen atoms in total. The van der Waals surface area contributed by atoms with Crippen molar-refractivity contribution in [1.29, 1.82) is 5.26 Å². The van der Waals surface area contributed by atoms with Crippen molar-refractivity contribution < 1.29 is 4.52 Å². The van der Waals surface area contributed by atoms with E-state index < -0.39 is 5.76 Å². The van der Waals surface area contributed by atoms with Gasteiger partial charge in [0, 0.05) is 27.8 Å². The summed E-state index contributed by atoms with van der Waals surface area (Å²) in [5.74, 6) is 0.258. The molecule has 0 radical (unpaired) electrons. The number of aromatic amines is 2. The van der Waals surface area contributed by atoms with Crippen molar-refractivity contribution in [3.63, 3.8) is 0 Å². The number of hydrogen-bond acceptors (Lipinski definition) is 7. The van der Waals surface area contributed by atoms with Crippen LogP contribution in [0.1, 0.15) is 11.1 Å². The molecule has 3 aromatic heterocycles. The topological polar surface area (TPSA) is 116 Å². The van der Waals surface area contributed by atoms with E-state index in [2.05, 4.69) is 25.7 Å². The zero-order chi connectivity index (χ0) is 19.5. The third-order valence-corrected chi connectivity index (χ3v) is 5.91. The Bertz CT molecular complexity index is 1280. The standard InChI is InChI=1S/C19H12N4O3S2/c20-9-14-13(15-5-2-6-27-15)8-16(24)21-18(14)28-10-11-3-1-4-12(7-11)17-22-19(25)26-23-17/h1-8H,10H2,(H,21,24)(H,22,23,25). The first-order valence-corrected chi connectivity index (χ1v) is 10.00. The van der Waals surface area contributed by atoms with Crippen LogP contribution in [-0.2, 0) is 5.75 Å². The third-order valence-electron chi connectivity index (χ3n) is 3.93. The molecule has 0 saturated heterocycles. The Balaban J connectivity index is 1.63. The summed E-state index contributed by atoms with van der Waals surface area (Å²) < 4.78 is 4.54. The van der Waals surface area contributed by atoms with E-state index >= 15 is 0 Å². The highest BCUT2D eigenvalue weighted by Gasteiger charge is 2.14. The number of H-pyrrole nitrogens is 2. The van der Waals surface area contributed by atoms with Crippen molar-refractivity contribution in [2.75, 3.05) is 0 Å². The number of nitriles is 1. The number of aromatic nitrogens is 3. The Morgan fingerprint density at radius 1 is 1.18 bits per heavy atom. The van der Waals surface area contributed by atoms with Gasteiger partial charge in [-0.15, -0.1) is 23.1 Å². The maximum Gasteiger partial charge on any atom is 0.439 e. The van der Waals surface area contributed by atoms with Gasteiger partial charge in [0.2, 0.25) is 5.56 Å². The molecule has 0 aliphatic rings. The van der Waals surface area contributed by atoms with Crippen LogP contribution in [0.5, 0.6) is 0 Å². The van der Waals surface area contributed by atoms with Crippen LogP contribution in [0.4, 0.5) is 0 Å². The smallest absolute Gasteiger partial charge is 0.316 e. The molecule has 28 heavy (non-hydrogen) atoms. The molecular weight excluding hydrogens is 396 g/mol. The molecule has 4 rings (SSSR count). The number of thiophene rings is 1. The van der Waals surface area contributed by atoms with Crippen molar-refractivity contribution in [2.24, 2.45) is 0 Å². The minimum atomic E-state index is -0.614. The van der Waals surface area contributed by atoms with Gasteiger partial charge in [-0.1, -0.05) is 29.4 Å². The van der Waals surface area contributed by atoms with Gasteiger partial charge in [0.05, 0.1) is 10.6 Å². The van der Waals surface area contributed by atoms with Crippen LogP contribution in [0, 0.1) is 11.3 Å². The van der Waals surface area contributed by atoms with Crippen LogP contribution in [0.3, 0.4) is 0 Å². The number of nitrogens with one attached hydrogen (secondary N) is 2. The van der Waals surface area contributed by atoms with Crippen molar-refractivity contribution in [3.05, 3.63) is 79.9 Å². The average molecular weight is 408 g/mol. The molecule has 0 bridgehead atoms. The van der Waals surface area contributed by atoms with Gasteiger partial charge in [0.25, 0.3) is 0 Å². The summed E-state index contributed by atoms with van der Waals surface area (Å²) in [6.07, 6.45) is 0. The number of rotatable bonds is 5. The highest BCUT2D eigenvalue weighted by Crippen LogP contribution is 2.32. The zero-order valence-corrected chi connectivity index (χ0v) is 15.9. The lowest BCUT2D eigenvalue weighted by atomic mass is 10.1. The van der Waals surface area contributed by atoms with Gasteiger partial charge in [-0.2, -0.15) is 5.26 Å². The summed E-state index contributed by atoms with van der Waals surface area (Å²) in [6, 6.07) is 14.9. The first kappa shape index (κ1) is 18.0. The lowest BCUT2D eigenvalue weighted by molar-refractivity contribution is 0.388. The molecule has 0 spiro atoms. The maximum atomic E-state index is 12.1. The van der Waals surface area contributed by atoms with Crippen molar-refractivity contribution in [1.82, 2.24) is 15.1 Å². The average Bonchev–Trinajstić information content (AvgIpc) is 3.38. The summed E-state index contributed by atoms with van der Waals surface area (Å²) in [7, 11) is 0. The summed E-state index contributed by atoms with van der Waals surface area (Å²) in [5.41, 5.74) is 2.49. The van der Waals surface area contributed by atoms with Gasteiger partial charge < -0.3 is 4.98 Å². The Kier molecular flexibility index (Phi) is 4.97. The predicted octanol–water partition coefficient (Wildman–Crippen LogP) is 3.61. The Labute approximate surface area is 166 Å². The number of benzene rings is 1. The lowest BCUT2D eigenvalue weighted by Gasteiger charge is -2.08. The van der Waals surface area contributed by atoms with Crippen LogP contribution in [0.25, 0.3) is 21.8 Å². The molecule has 2 N–H and O–H groups in total. The second-order valence-corrected chi connectivity index (χ2v) is 7.71. The quantitative estimate of drug-likeness (QED) is 0.487. The first-order chi connectivity index (χ1) is 13.6. The SMILES string of the molecule is N#Cc1c(-c2cccs2)cc(=O)[nH]c1SCc1cccc(-c2noc(=O)[nH]2)c1. The molecule has 138 valence electrons. The van der Waals surface area contributed by atoms with Gasteiger partial charge in [-0.25, -0.2) is 4.79 Å². The van der Waals surface area contributed by atoms with Crippen molar-refractivity contribution in [2.45, 2.75) is 10.8 Å². The normalized spacial score (nSPS) is 10.7. The maximum absolute atomic E-state index is 12.1. The Hall–Kier alpha value is -3.35. The molecule has 0 unspecified atom stereocenters. The van der Waals surface area contributed by atoms with Gasteiger partial charge in [-0.05, 0) is 23.1 Å². The van der Waals surface area contributed by atoms with E-state index in [9.17, 15) is 14.9 Å². The minimum Gasteiger partial charge on any atom is -0.316 e. The lowest BCUT2D eigenvalue weighted by Crippen LogP contribution is -2.08. The molecule has 1 aromatic carbocycles. The summed E-state index contributed by atoms with van der Waals surface area (Å²) in [5, 5.41) is 15.8. The molecule has 4 aromatic rings. The fourth-order valence-electron chi connectivity index (χ4n) is 2.70. The van der Waals surface area contributed by atoms with E-state index in [0.717, 1.165) is 10.4 Å². The highest BCUT2D eigenvalue weighted by molar-refractivity contribution is 7.98. The van der Waals surface area contributed by atoms with Crippen LogP contribution in [0.15, 0.2) is 67.0 Å². The zero-order valence-electron chi connectivity index (χ0n) is 14.3. The molecule has 0 amide bonds. The van der Waals surface area contributed by atoms with Crippen LogP contribution in [0.2, 0.25) is 0 Å². The number of hydrogen-bond donors (Lipinski definition) is 2. The summed E-state index contributed by atoms with van der Waals surface area (Å²) in [6.45, 7) is 0. The van der Waals surface area contributed by atoms with Crippen LogP contribution >= 0.6 is 23.1 Å². The van der Waals surface area contributed by atoms with Crippen molar-refractivity contribution in [3.8, 4) is 27.9 Å². The molecule has 9 heteroatoms. The fraction of sp³-hybridized carbons (Fsp3) is 0.0526. The number of thioether (sulfide) groups is 1. The Morgan fingerprint density at radius 3 is 2.79 bits per heavy atom. The predicted molar refractivity (Wildman–Crippen MR) is 107 cm³/mol. The summed E-state index contributed by atoms with van der Waals surface area (Å²) in [4.78, 5) is 29.4. The summed E-state index contributed by atoms with van der Waals surface area (Å²) >= 11 is 2.85. The van der Waals surface area contributed by atoms with Gasteiger partial charge in [0.1, 0.15) is 6.07 Å². The molecule has 0 aliphatic heterocycles. The molecule has 0 saturated carbocycles. The van der Waals surface area contributed by atoms with Gasteiger partial charge >= 0.3 is 5.76 Å². The van der Waals surface area contributed by atoms with E-state index in [1.807, 2.05) is 41.8 Å². The van der Waals surface area contributed by atoms with Gasteiger partial charge in [0.15, 0.2) is 5.82 Å². The number of pyridine rings is 1. The molecule has 3 heterocycles. The third kappa shape index (κ3) is 3.69. The van der Waals surface area contributed by atoms with E-state index in [-0.39, 0.29) is 5.56 Å². The second kappa shape index (κ2) is 7.72. The molecule has 0 fully saturated rings. The van der Waals surface area contributed by atoms with E-state index in [1.54, 1.807) is 0 Å². The first-order valence-electron chi connectivity index (χ1n) is 8.13. The molecule has 0 atom stereocenters. The van der Waals surface area contributed by atoms with Crippen molar-refractivity contribution >= 4 is 23.1 Å². The highest BCUT2D eigenvalue weighted by atomic mass is 32.2. The number of nitrogens with zero attached hydrogens (tertiary/aromatic N) is 2. The Morgan fingerprint density at radius 2 is 2.07 bits per heavy atom. The van der Waals surface area contributed by atoms with E-state index in [1.165, 1.54) is 29.2 Å². The van der Waals surface area contributed by atoms with Gasteiger partial charge in [-0.3, -0.25) is 14.3 Å². The fourth-order valence-corrected chi connectivity index (χ4v) is 4.41. The monoisotopic (exact) mass is 408 g/mol. The second-order valence-electron chi connectivity index (χ2n) is 5.77. The molecule has 0 aliphatic carbocycles. The molecular formula is C19H12N4O3S2.